The van der Waals surface area contributed by atoms with Crippen molar-refractivity contribution in [3.05, 3.63) is 298 Å². The molecule has 0 atom stereocenters. The van der Waals surface area contributed by atoms with Crippen LogP contribution in [0.5, 0.6) is 0 Å². The molecule has 15 rings (SSSR count). The summed E-state index contributed by atoms with van der Waals surface area (Å²) in [4.78, 5) is 14.9. The van der Waals surface area contributed by atoms with Gasteiger partial charge in [0.2, 0.25) is 0 Å². The Hall–Kier alpha value is -9.90. The van der Waals surface area contributed by atoms with E-state index >= 15 is 0 Å². The lowest BCUT2D eigenvalue weighted by molar-refractivity contribution is 0.660. The van der Waals surface area contributed by atoms with Crippen molar-refractivity contribution in [3.63, 3.8) is 0 Å². The third kappa shape index (κ3) is 8.34. The number of aromatic nitrogens is 2. The van der Waals surface area contributed by atoms with Crippen LogP contribution in [0.4, 0.5) is 34.4 Å². The van der Waals surface area contributed by atoms with Gasteiger partial charge in [-0.3, -0.25) is 9.80 Å². The molecular weight excluding hydrogens is 1000 g/mol. The predicted molar refractivity (Wildman–Crippen MR) is 350 cm³/mol. The van der Waals surface area contributed by atoms with Gasteiger partial charge in [-0.2, -0.15) is 0 Å². The van der Waals surface area contributed by atoms with Crippen LogP contribution in [0.3, 0.4) is 0 Å². The Balaban J connectivity index is 0.665. The van der Waals surface area contributed by atoms with Gasteiger partial charge in [-0.05, 0) is 174 Å². The molecule has 4 heteroatoms. The summed E-state index contributed by atoms with van der Waals surface area (Å²) < 4.78 is 0. The average molecular weight is 1070 g/mol. The topological polar surface area (TPSA) is 32.3 Å². The molecule has 0 bridgehead atoms. The standard InChI is InChI=1S/C79H62N4/c1-77(2)67-45-51(25-27-53-31-39-63-65-41-35-59(49-71(65)78(3,4)69(63)47-53)82(57-19-9-7-10-20-57)75-43-33-55-17-13-15-23-73(55)80-75)29-37-61(67)62-38-30-52(46-68(62)77)26-28-54-32-40-64-66-42-36-60(50-72(66)79(5,6)70(64)48-54)83(58-21-11-8-12-22-58)76-44-34-56-18-14-16-24-74(56)81-76/h7-50H,1-6H3. The van der Waals surface area contributed by atoms with E-state index in [-0.39, 0.29) is 16.2 Å². The molecular formula is C79H62N4. The van der Waals surface area contributed by atoms with Gasteiger partial charge in [-0.1, -0.05) is 224 Å². The summed E-state index contributed by atoms with van der Waals surface area (Å²) in [5.41, 5.74) is 26.4. The minimum atomic E-state index is -0.207. The highest BCUT2D eigenvalue weighted by Gasteiger charge is 2.39. The minimum Gasteiger partial charge on any atom is -0.295 e. The fraction of sp³-hybridized carbons (Fsp3) is 0.114. The van der Waals surface area contributed by atoms with Gasteiger partial charge < -0.3 is 0 Å². The number of anilines is 6. The Morgan fingerprint density at radius 1 is 0.265 bits per heavy atom. The van der Waals surface area contributed by atoms with Crippen LogP contribution in [0, 0.1) is 0 Å². The van der Waals surface area contributed by atoms with E-state index in [2.05, 4.69) is 318 Å². The molecule has 0 fully saturated rings. The van der Waals surface area contributed by atoms with Crippen molar-refractivity contribution < 1.29 is 0 Å². The van der Waals surface area contributed by atoms with Crippen LogP contribution in [0.1, 0.15) is 97.2 Å². The second-order valence-electron chi connectivity index (χ2n) is 24.3. The normalized spacial score (nSPS) is 14.6. The summed E-state index contributed by atoms with van der Waals surface area (Å²) in [6.07, 6.45) is 9.14. The quantitative estimate of drug-likeness (QED) is 0.128. The first-order chi connectivity index (χ1) is 40.4. The molecule has 0 radical (unpaired) electrons. The Morgan fingerprint density at radius 2 is 0.554 bits per heavy atom. The fourth-order valence-electron chi connectivity index (χ4n) is 13.7. The Morgan fingerprint density at radius 3 is 0.892 bits per heavy atom. The van der Waals surface area contributed by atoms with Gasteiger partial charge in [0.15, 0.2) is 0 Å². The molecule has 0 aliphatic heterocycles. The first-order valence-electron chi connectivity index (χ1n) is 29.0. The summed E-state index contributed by atoms with van der Waals surface area (Å²) in [5.74, 6) is 1.79. The number of pyridine rings is 2. The monoisotopic (exact) mass is 1070 g/mol. The van der Waals surface area contributed by atoms with E-state index in [4.69, 9.17) is 9.97 Å². The van der Waals surface area contributed by atoms with Crippen molar-refractivity contribution in [2.75, 3.05) is 9.80 Å². The minimum absolute atomic E-state index is 0.163. The van der Waals surface area contributed by atoms with E-state index in [9.17, 15) is 0 Å². The second kappa shape index (κ2) is 19.1. The van der Waals surface area contributed by atoms with Crippen molar-refractivity contribution >= 4 is 80.5 Å². The molecule has 398 valence electrons. The van der Waals surface area contributed by atoms with Crippen LogP contribution in [0.25, 0.3) is 79.5 Å². The number of fused-ring (bicyclic) bond motifs is 11. The highest BCUT2D eigenvalue weighted by atomic mass is 15.2. The molecule has 4 nitrogen and oxygen atoms in total. The van der Waals surface area contributed by atoms with Crippen LogP contribution >= 0.6 is 0 Å². The van der Waals surface area contributed by atoms with E-state index in [1.165, 1.54) is 89.0 Å². The maximum atomic E-state index is 5.16. The van der Waals surface area contributed by atoms with Crippen molar-refractivity contribution in [1.29, 1.82) is 0 Å². The van der Waals surface area contributed by atoms with Gasteiger partial charge >= 0.3 is 0 Å². The smallest absolute Gasteiger partial charge is 0.138 e. The van der Waals surface area contributed by atoms with Gasteiger partial charge in [0, 0.05) is 49.8 Å². The van der Waals surface area contributed by atoms with Crippen LogP contribution in [-0.4, -0.2) is 9.97 Å². The van der Waals surface area contributed by atoms with E-state index in [0.717, 1.165) is 56.2 Å². The zero-order chi connectivity index (χ0) is 56.2. The maximum absolute atomic E-state index is 5.16. The lowest BCUT2D eigenvalue weighted by Crippen LogP contribution is -2.17. The van der Waals surface area contributed by atoms with Crippen LogP contribution in [-0.2, 0) is 16.2 Å². The van der Waals surface area contributed by atoms with Gasteiger partial charge in [-0.25, -0.2) is 9.97 Å². The second-order valence-corrected chi connectivity index (χ2v) is 24.3. The third-order valence-electron chi connectivity index (χ3n) is 18.2. The number of para-hydroxylation sites is 4. The molecule has 0 amide bonds. The zero-order valence-electron chi connectivity index (χ0n) is 47.7. The molecule has 0 spiro atoms. The van der Waals surface area contributed by atoms with E-state index in [1.807, 2.05) is 0 Å². The number of rotatable bonds is 10. The molecule has 0 saturated heterocycles. The van der Waals surface area contributed by atoms with E-state index in [1.54, 1.807) is 0 Å². The van der Waals surface area contributed by atoms with Crippen molar-refractivity contribution in [2.24, 2.45) is 0 Å². The third-order valence-corrected chi connectivity index (χ3v) is 18.2. The Bertz CT molecular complexity index is 4360. The first-order valence-corrected chi connectivity index (χ1v) is 29.0. The summed E-state index contributed by atoms with van der Waals surface area (Å²) >= 11 is 0. The Labute approximate surface area is 487 Å². The number of benzene rings is 10. The highest BCUT2D eigenvalue weighted by molar-refractivity contribution is 5.91. The molecule has 0 N–H and O–H groups in total. The van der Waals surface area contributed by atoms with Gasteiger partial charge in [0.1, 0.15) is 11.6 Å². The molecule has 3 aliphatic carbocycles. The van der Waals surface area contributed by atoms with E-state index in [0.29, 0.717) is 0 Å². The first kappa shape index (κ1) is 50.1. The Kier molecular flexibility index (Phi) is 11.5. The largest absolute Gasteiger partial charge is 0.295 e. The summed E-state index contributed by atoms with van der Waals surface area (Å²) in [7, 11) is 0. The predicted octanol–water partition coefficient (Wildman–Crippen LogP) is 21.0. The van der Waals surface area contributed by atoms with E-state index < -0.39 is 0 Å². The van der Waals surface area contributed by atoms with Crippen LogP contribution in [0.2, 0.25) is 0 Å². The van der Waals surface area contributed by atoms with Gasteiger partial charge in [0.25, 0.3) is 0 Å². The number of hydrogen-bond acceptors (Lipinski definition) is 4. The number of nitrogens with zero attached hydrogens (tertiary/aromatic N) is 4. The molecule has 12 aromatic rings. The van der Waals surface area contributed by atoms with Crippen molar-refractivity contribution in [2.45, 2.75) is 57.8 Å². The highest BCUT2D eigenvalue weighted by Crippen LogP contribution is 2.54. The molecule has 0 unspecified atom stereocenters. The van der Waals surface area contributed by atoms with Crippen molar-refractivity contribution in [1.82, 2.24) is 9.97 Å². The lowest BCUT2D eigenvalue weighted by atomic mass is 9.81. The molecule has 2 aromatic heterocycles. The lowest BCUT2D eigenvalue weighted by Gasteiger charge is -2.27. The van der Waals surface area contributed by atoms with Crippen molar-refractivity contribution in [3.8, 4) is 33.4 Å². The fourth-order valence-corrected chi connectivity index (χ4v) is 13.7. The zero-order valence-corrected chi connectivity index (χ0v) is 47.7. The molecule has 3 aliphatic rings. The summed E-state index contributed by atoms with van der Waals surface area (Å²) in [6.45, 7) is 14.2. The summed E-state index contributed by atoms with van der Waals surface area (Å²) in [5, 5.41) is 2.26. The maximum Gasteiger partial charge on any atom is 0.138 e. The van der Waals surface area contributed by atoms with Crippen LogP contribution < -0.4 is 9.80 Å². The molecule has 0 saturated carbocycles. The average Bonchev–Trinajstić information content (AvgIpc) is 4.02. The van der Waals surface area contributed by atoms with Gasteiger partial charge in [0.05, 0.1) is 11.0 Å². The molecule has 83 heavy (non-hydrogen) atoms. The number of hydrogen-bond donors (Lipinski definition) is 0. The molecule has 2 heterocycles. The SMILES string of the molecule is CC1(C)c2cc(C=Cc3ccc4c(c3)C(C)(C)c3cc(N(c5ccccc5)c5ccc6ccccc6n5)ccc3-4)ccc2-c2ccc(C=Cc3ccc4c(c3)C(C)(C)c3cc(N(c5ccccc5)c5ccc6ccccc6n5)ccc3-4)cc21. The van der Waals surface area contributed by atoms with Crippen LogP contribution in [0.15, 0.2) is 243 Å². The van der Waals surface area contributed by atoms with Gasteiger partial charge in [-0.15, -0.1) is 0 Å². The molecule has 10 aromatic carbocycles. The summed E-state index contributed by atoms with van der Waals surface area (Å²) in [6, 6.07) is 88.4.